The van der Waals surface area contributed by atoms with Crippen LogP contribution in [0.25, 0.3) is 43.8 Å². The Morgan fingerprint density at radius 3 is 1.21 bits per heavy atom. The first-order valence-electron chi connectivity index (χ1n) is 11.8. The zero-order valence-electron chi connectivity index (χ0n) is 19.7. The molecule has 0 unspecified atom stereocenters. The number of fused-ring (bicyclic) bond motifs is 10. The maximum atomic E-state index is 3.87. The van der Waals surface area contributed by atoms with E-state index in [2.05, 4.69) is 132 Å². The highest BCUT2D eigenvalue weighted by Gasteiger charge is 2.43. The average Bonchev–Trinajstić information content (AvgIpc) is 3.18. The van der Waals surface area contributed by atoms with Crippen molar-refractivity contribution in [2.24, 2.45) is 0 Å². The summed E-state index contributed by atoms with van der Waals surface area (Å²) >= 11 is 7.74. The van der Waals surface area contributed by atoms with E-state index in [0.29, 0.717) is 0 Å². The van der Waals surface area contributed by atoms with Crippen LogP contribution in [0, 0.1) is 0 Å². The van der Waals surface area contributed by atoms with Gasteiger partial charge in [-0.25, -0.2) is 0 Å². The van der Waals surface area contributed by atoms with Crippen molar-refractivity contribution < 1.29 is 0 Å². The Bertz CT molecular complexity index is 1590. The molecule has 0 saturated heterocycles. The van der Waals surface area contributed by atoms with E-state index in [1.54, 1.807) is 0 Å². The van der Waals surface area contributed by atoms with Gasteiger partial charge in [0.25, 0.3) is 0 Å². The molecule has 2 heteroatoms. The van der Waals surface area contributed by atoms with Gasteiger partial charge in [0.1, 0.15) is 0 Å². The highest BCUT2D eigenvalue weighted by Crippen LogP contribution is 2.59. The number of halogens is 2. The monoisotopic (exact) mass is 566 g/mol. The van der Waals surface area contributed by atoms with Crippen LogP contribution in [-0.2, 0) is 10.8 Å². The third-order valence-corrected chi connectivity index (χ3v) is 9.69. The average molecular weight is 568 g/mol. The van der Waals surface area contributed by atoms with Crippen molar-refractivity contribution >= 4 is 53.4 Å². The Labute approximate surface area is 217 Å². The summed E-state index contributed by atoms with van der Waals surface area (Å²) in [4.78, 5) is 0. The van der Waals surface area contributed by atoms with Crippen molar-refractivity contribution in [1.29, 1.82) is 0 Å². The van der Waals surface area contributed by atoms with Gasteiger partial charge in [-0.1, -0.05) is 108 Å². The van der Waals surface area contributed by atoms with Gasteiger partial charge in [-0.05, 0) is 90.3 Å². The fourth-order valence-electron chi connectivity index (χ4n) is 6.57. The molecule has 0 N–H and O–H groups in total. The topological polar surface area (TPSA) is 0 Å². The molecule has 2 aliphatic carbocycles. The molecular weight excluding hydrogens is 544 g/mol. The van der Waals surface area contributed by atoms with Gasteiger partial charge < -0.3 is 0 Å². The largest absolute Gasteiger partial charge is 0.0616 e. The second-order valence-electron chi connectivity index (χ2n) is 10.8. The highest BCUT2D eigenvalue weighted by atomic mass is 79.9. The molecule has 0 saturated carbocycles. The molecule has 166 valence electrons. The van der Waals surface area contributed by atoms with E-state index < -0.39 is 0 Å². The van der Waals surface area contributed by atoms with Gasteiger partial charge >= 0.3 is 0 Å². The third kappa shape index (κ3) is 2.44. The standard InChI is InChI=1S/C32H24Br2/c1-31(2)23-13-22-24(14-21(23)29-19-11-7-5-9-17(19)27(33)15-25(29)31)32(3,4)26-16-28(34)18-10-6-8-12-20(18)30(22)26/h5-16H,1-4H3. The van der Waals surface area contributed by atoms with Crippen molar-refractivity contribution in [2.45, 2.75) is 38.5 Å². The minimum absolute atomic E-state index is 0.0652. The Kier molecular flexibility index (Phi) is 4.07. The van der Waals surface area contributed by atoms with Gasteiger partial charge in [0.05, 0.1) is 0 Å². The molecule has 0 atom stereocenters. The van der Waals surface area contributed by atoms with E-state index in [0.717, 1.165) is 0 Å². The van der Waals surface area contributed by atoms with Gasteiger partial charge in [-0.2, -0.15) is 0 Å². The summed E-state index contributed by atoms with van der Waals surface area (Å²) in [5, 5.41) is 5.23. The van der Waals surface area contributed by atoms with Crippen molar-refractivity contribution in [3.8, 4) is 22.3 Å². The van der Waals surface area contributed by atoms with Crippen molar-refractivity contribution in [2.75, 3.05) is 0 Å². The minimum Gasteiger partial charge on any atom is -0.0616 e. The first kappa shape index (κ1) is 20.9. The van der Waals surface area contributed by atoms with Crippen LogP contribution < -0.4 is 0 Å². The number of benzene rings is 5. The summed E-state index contributed by atoms with van der Waals surface area (Å²) < 4.78 is 2.36. The third-order valence-electron chi connectivity index (χ3n) is 8.38. The molecule has 2 aliphatic rings. The minimum atomic E-state index is -0.0652. The molecular formula is C32H24Br2. The van der Waals surface area contributed by atoms with Crippen LogP contribution in [0.4, 0.5) is 0 Å². The molecule has 0 heterocycles. The van der Waals surface area contributed by atoms with Crippen molar-refractivity contribution in [3.05, 3.63) is 104 Å². The van der Waals surface area contributed by atoms with Gasteiger partial charge in [0.15, 0.2) is 0 Å². The molecule has 7 rings (SSSR count). The van der Waals surface area contributed by atoms with Crippen LogP contribution in [0.1, 0.15) is 49.9 Å². The van der Waals surface area contributed by atoms with E-state index in [1.165, 1.54) is 75.0 Å². The normalized spacial score (nSPS) is 16.4. The fraction of sp³-hybridized carbons (Fsp3) is 0.188. The quantitative estimate of drug-likeness (QED) is 0.174. The van der Waals surface area contributed by atoms with Crippen molar-refractivity contribution in [3.63, 3.8) is 0 Å². The van der Waals surface area contributed by atoms with Crippen LogP contribution in [-0.4, -0.2) is 0 Å². The molecule has 34 heavy (non-hydrogen) atoms. The Morgan fingerprint density at radius 2 is 0.824 bits per heavy atom. The molecule has 0 nitrogen and oxygen atoms in total. The first-order chi connectivity index (χ1) is 16.2. The van der Waals surface area contributed by atoms with E-state index in [1.807, 2.05) is 0 Å². The molecule has 0 amide bonds. The highest BCUT2D eigenvalue weighted by molar-refractivity contribution is 9.11. The predicted molar refractivity (Wildman–Crippen MR) is 152 cm³/mol. The van der Waals surface area contributed by atoms with Gasteiger partial charge in [0.2, 0.25) is 0 Å². The van der Waals surface area contributed by atoms with E-state index in [9.17, 15) is 0 Å². The predicted octanol–water partition coefficient (Wildman–Crippen LogP) is 10.1. The van der Waals surface area contributed by atoms with Gasteiger partial charge in [-0.15, -0.1) is 0 Å². The molecule has 0 bridgehead atoms. The maximum Gasteiger partial charge on any atom is 0.0257 e. The van der Waals surface area contributed by atoms with Crippen LogP contribution >= 0.6 is 31.9 Å². The summed E-state index contributed by atoms with van der Waals surface area (Å²) in [7, 11) is 0. The van der Waals surface area contributed by atoms with E-state index >= 15 is 0 Å². The number of rotatable bonds is 0. The van der Waals surface area contributed by atoms with Gasteiger partial charge in [-0.3, -0.25) is 0 Å². The Balaban J connectivity index is 1.62. The first-order valence-corrected chi connectivity index (χ1v) is 13.4. The molecule has 0 aliphatic heterocycles. The molecule has 0 spiro atoms. The summed E-state index contributed by atoms with van der Waals surface area (Å²) in [6.45, 7) is 9.52. The number of hydrogen-bond donors (Lipinski definition) is 0. The zero-order chi connectivity index (χ0) is 23.6. The van der Waals surface area contributed by atoms with Crippen molar-refractivity contribution in [1.82, 2.24) is 0 Å². The van der Waals surface area contributed by atoms with E-state index in [4.69, 9.17) is 0 Å². The van der Waals surface area contributed by atoms with Gasteiger partial charge in [0, 0.05) is 19.8 Å². The Morgan fingerprint density at radius 1 is 0.471 bits per heavy atom. The molecule has 5 aromatic carbocycles. The maximum absolute atomic E-state index is 3.87. The second-order valence-corrected chi connectivity index (χ2v) is 12.6. The molecule has 0 aromatic heterocycles. The lowest BCUT2D eigenvalue weighted by Gasteiger charge is -2.24. The smallest absolute Gasteiger partial charge is 0.0257 e. The van der Waals surface area contributed by atoms with E-state index in [-0.39, 0.29) is 10.8 Å². The lowest BCUT2D eigenvalue weighted by Crippen LogP contribution is -2.17. The number of hydrogen-bond acceptors (Lipinski definition) is 0. The summed E-state index contributed by atoms with van der Waals surface area (Å²) in [6, 6.07) is 27.3. The Hall–Kier alpha value is -2.42. The van der Waals surface area contributed by atoms with Crippen LogP contribution in [0.15, 0.2) is 81.7 Å². The van der Waals surface area contributed by atoms with Crippen LogP contribution in [0.2, 0.25) is 0 Å². The van der Waals surface area contributed by atoms with Crippen LogP contribution in [0.3, 0.4) is 0 Å². The molecule has 0 fully saturated rings. The summed E-state index contributed by atoms with van der Waals surface area (Å²) in [5.41, 5.74) is 11.2. The van der Waals surface area contributed by atoms with Crippen LogP contribution in [0.5, 0.6) is 0 Å². The lowest BCUT2D eigenvalue weighted by atomic mass is 9.79. The zero-order valence-corrected chi connectivity index (χ0v) is 22.9. The lowest BCUT2D eigenvalue weighted by molar-refractivity contribution is 0.652. The fourth-order valence-corrected chi connectivity index (χ4v) is 7.72. The summed E-state index contributed by atoms with van der Waals surface area (Å²) in [5.74, 6) is 0. The molecule has 0 radical (unpaired) electrons. The second kappa shape index (κ2) is 6.62. The SMILES string of the molecule is CC1(C)c2cc3c(cc2-c2c1cc(Br)c1ccccc21)C(C)(C)c1cc(Br)c2ccccc2c1-3. The molecule has 5 aromatic rings. The summed E-state index contributed by atoms with van der Waals surface area (Å²) in [6.07, 6.45) is 0.